The van der Waals surface area contributed by atoms with Gasteiger partial charge < -0.3 is 15.0 Å². The van der Waals surface area contributed by atoms with Gasteiger partial charge in [0.1, 0.15) is 5.82 Å². The second-order valence-electron chi connectivity index (χ2n) is 10.5. The Kier molecular flexibility index (Phi) is 7.60. The normalized spacial score (nSPS) is 25.5. The van der Waals surface area contributed by atoms with Crippen LogP contribution in [0.15, 0.2) is 48.2 Å². The van der Waals surface area contributed by atoms with E-state index in [-0.39, 0.29) is 41.3 Å². The van der Waals surface area contributed by atoms with Gasteiger partial charge in [-0.2, -0.15) is 26.3 Å². The lowest BCUT2D eigenvalue weighted by atomic mass is 9.86. The van der Waals surface area contributed by atoms with Crippen LogP contribution in [-0.4, -0.2) is 41.3 Å². The van der Waals surface area contributed by atoms with Crippen LogP contribution in [0.25, 0.3) is 0 Å². The molecule has 0 aromatic heterocycles. The van der Waals surface area contributed by atoms with Gasteiger partial charge in [-0.25, -0.2) is 4.39 Å². The predicted molar refractivity (Wildman–Crippen MR) is 133 cm³/mol. The van der Waals surface area contributed by atoms with Crippen molar-refractivity contribution < 1.29 is 45.1 Å². The van der Waals surface area contributed by atoms with Gasteiger partial charge in [0, 0.05) is 42.1 Å². The molecule has 0 saturated carbocycles. The number of carbonyl (C=O) groups is 2. The third-order valence-electron chi connectivity index (χ3n) is 7.76. The maximum absolute atomic E-state index is 13.9. The second-order valence-corrected chi connectivity index (χ2v) is 10.9. The number of amides is 1. The first-order valence-electron chi connectivity index (χ1n) is 12.8. The summed E-state index contributed by atoms with van der Waals surface area (Å²) in [6.07, 6.45) is -9.89. The summed E-state index contributed by atoms with van der Waals surface area (Å²) in [6, 6.07) is 3.84. The van der Waals surface area contributed by atoms with E-state index in [0.717, 1.165) is 6.07 Å². The Labute approximate surface area is 235 Å². The van der Waals surface area contributed by atoms with Crippen LogP contribution < -0.4 is 5.32 Å². The lowest BCUT2D eigenvalue weighted by Gasteiger charge is -2.31. The molecule has 41 heavy (non-hydrogen) atoms. The maximum atomic E-state index is 13.9. The lowest BCUT2D eigenvalue weighted by molar-refractivity contribution is -0.143. The number of nitrogens with zero attached hydrogens (tertiary/aromatic N) is 1. The van der Waals surface area contributed by atoms with Gasteiger partial charge in [0.05, 0.1) is 35.4 Å². The molecule has 0 bridgehead atoms. The van der Waals surface area contributed by atoms with Gasteiger partial charge in [0.2, 0.25) is 5.91 Å². The zero-order valence-corrected chi connectivity index (χ0v) is 22.2. The van der Waals surface area contributed by atoms with Crippen molar-refractivity contribution in [1.29, 1.82) is 0 Å². The molecule has 2 aromatic carbocycles. The van der Waals surface area contributed by atoms with Crippen LogP contribution >= 0.6 is 11.6 Å². The second kappa shape index (κ2) is 10.6. The van der Waals surface area contributed by atoms with Crippen LogP contribution in [-0.2, 0) is 26.7 Å². The molecule has 0 spiro atoms. The average molecular weight is 605 g/mol. The summed E-state index contributed by atoms with van der Waals surface area (Å²) in [5.41, 5.74) is -2.22. The number of rotatable bonds is 6. The quantitative estimate of drug-likeness (QED) is 0.379. The fourth-order valence-electron chi connectivity index (χ4n) is 5.93. The van der Waals surface area contributed by atoms with Gasteiger partial charge in [-0.15, -0.1) is 0 Å². The summed E-state index contributed by atoms with van der Waals surface area (Å²) in [5.74, 6) is -1.64. The van der Waals surface area contributed by atoms with Crippen LogP contribution in [0.1, 0.15) is 60.5 Å². The zero-order valence-electron chi connectivity index (χ0n) is 21.5. The van der Waals surface area contributed by atoms with Crippen molar-refractivity contribution in [2.75, 3.05) is 6.54 Å². The van der Waals surface area contributed by atoms with Gasteiger partial charge in [0.15, 0.2) is 5.78 Å². The molecule has 5 rings (SSSR count). The molecule has 5 nitrogen and oxygen atoms in total. The first kappa shape index (κ1) is 29.4. The molecule has 2 fully saturated rings. The number of alkyl halides is 6. The molecule has 2 aromatic rings. The molecule has 220 valence electrons. The van der Waals surface area contributed by atoms with Gasteiger partial charge in [-0.3, -0.25) is 9.59 Å². The third kappa shape index (κ3) is 5.94. The highest BCUT2D eigenvalue weighted by Gasteiger charge is 2.54. The fraction of sp³-hybridized carbons (Fsp3) is 0.429. The van der Waals surface area contributed by atoms with E-state index in [1.54, 1.807) is 0 Å². The third-order valence-corrected chi connectivity index (χ3v) is 8.09. The Morgan fingerprint density at radius 3 is 2.22 bits per heavy atom. The van der Waals surface area contributed by atoms with Crippen molar-refractivity contribution in [2.24, 2.45) is 0 Å². The van der Waals surface area contributed by atoms with E-state index >= 15 is 0 Å². The summed E-state index contributed by atoms with van der Waals surface area (Å²) in [4.78, 5) is 26.3. The number of benzene rings is 2. The summed E-state index contributed by atoms with van der Waals surface area (Å²) in [6.45, 7) is 1.31. The molecule has 2 aliphatic heterocycles. The van der Waals surface area contributed by atoms with Crippen LogP contribution in [0, 0.1) is 5.82 Å². The predicted octanol–water partition coefficient (Wildman–Crippen LogP) is 6.57. The number of allylic oxidation sites excluding steroid dienone is 2. The first-order valence-corrected chi connectivity index (χ1v) is 13.2. The van der Waals surface area contributed by atoms with Crippen LogP contribution in [0.3, 0.4) is 0 Å². The van der Waals surface area contributed by atoms with Crippen molar-refractivity contribution in [3.05, 3.63) is 81.3 Å². The lowest BCUT2D eigenvalue weighted by Crippen LogP contribution is -2.42. The van der Waals surface area contributed by atoms with E-state index in [1.165, 1.54) is 30.0 Å². The van der Waals surface area contributed by atoms with Gasteiger partial charge in [-0.1, -0.05) is 17.7 Å². The molecule has 13 heteroatoms. The Hall–Kier alpha value is -3.12. The molecular weight excluding hydrogens is 581 g/mol. The molecule has 5 atom stereocenters. The largest absolute Gasteiger partial charge is 0.416 e. The number of ketones is 1. The van der Waals surface area contributed by atoms with Crippen LogP contribution in [0.2, 0.25) is 5.02 Å². The highest BCUT2D eigenvalue weighted by molar-refractivity contribution is 6.31. The van der Waals surface area contributed by atoms with E-state index in [9.17, 15) is 40.3 Å². The smallest absolute Gasteiger partial charge is 0.383 e. The van der Waals surface area contributed by atoms with E-state index in [2.05, 4.69) is 5.32 Å². The molecule has 2 saturated heterocycles. The molecule has 1 N–H and O–H groups in total. The maximum Gasteiger partial charge on any atom is 0.416 e. The number of hydrogen-bond donors (Lipinski definition) is 1. The van der Waals surface area contributed by atoms with Crippen molar-refractivity contribution >= 4 is 23.3 Å². The Bertz CT molecular complexity index is 1380. The molecular formula is C28H24ClF7N2O3. The van der Waals surface area contributed by atoms with Crippen molar-refractivity contribution in [2.45, 2.75) is 68.7 Å². The monoisotopic (exact) mass is 604 g/mol. The zero-order chi connectivity index (χ0) is 29.9. The van der Waals surface area contributed by atoms with Crippen LogP contribution in [0.4, 0.5) is 30.7 Å². The van der Waals surface area contributed by atoms with Gasteiger partial charge in [-0.05, 0) is 54.8 Å². The number of hydrogen-bond acceptors (Lipinski definition) is 4. The Morgan fingerprint density at radius 2 is 1.66 bits per heavy atom. The van der Waals surface area contributed by atoms with Crippen molar-refractivity contribution in [3.8, 4) is 0 Å². The molecule has 0 radical (unpaired) electrons. The SMILES string of the molecule is C[C@@H](O[C@H]1CN2C(=O)CC(NC3=CC(=O)CC3)[C@H]2[C@@H]1c1ccc(F)cc1Cl)c1cc(C(F)(F)F)cc(C(F)(F)F)c1. The molecule has 1 unspecified atom stereocenters. The first-order chi connectivity index (χ1) is 19.1. The number of nitrogens with one attached hydrogen (secondary N) is 1. The van der Waals surface area contributed by atoms with E-state index < -0.39 is 59.5 Å². The summed E-state index contributed by atoms with van der Waals surface area (Å²) in [7, 11) is 0. The van der Waals surface area contributed by atoms with Gasteiger partial charge in [0.25, 0.3) is 0 Å². The Morgan fingerprint density at radius 1 is 1.00 bits per heavy atom. The standard InChI is InChI=1S/C28H24ClF7N2O3/c1-13(14-6-15(27(31,32)33)8-16(7-14)28(34,35)36)41-23-12-38-24(40)11-22(37-18-3-4-19(39)10-18)26(38)25(23)20-5-2-17(30)9-21(20)29/h2,5-10,13,22-23,25-26,37H,3-4,11-12H2,1H3/t13-,22?,23+,25-,26+/m1/s1. The number of halogens is 8. The van der Waals surface area contributed by atoms with Crippen molar-refractivity contribution in [1.82, 2.24) is 10.2 Å². The van der Waals surface area contributed by atoms with E-state index in [0.29, 0.717) is 36.2 Å². The Balaban J connectivity index is 1.51. The highest BCUT2D eigenvalue weighted by Crippen LogP contribution is 2.46. The van der Waals surface area contributed by atoms with E-state index in [4.69, 9.17) is 16.3 Å². The highest BCUT2D eigenvalue weighted by atomic mass is 35.5. The fourth-order valence-corrected chi connectivity index (χ4v) is 6.22. The number of carbonyl (C=O) groups excluding carboxylic acids is 2. The van der Waals surface area contributed by atoms with E-state index in [1.807, 2.05) is 0 Å². The molecule has 1 aliphatic carbocycles. The minimum atomic E-state index is -5.03. The summed E-state index contributed by atoms with van der Waals surface area (Å²) < 4.78 is 101. The minimum Gasteiger partial charge on any atom is -0.383 e. The molecule has 2 heterocycles. The van der Waals surface area contributed by atoms with Gasteiger partial charge >= 0.3 is 12.4 Å². The molecule has 3 aliphatic rings. The topological polar surface area (TPSA) is 58.6 Å². The molecule has 1 amide bonds. The van der Waals surface area contributed by atoms with Crippen molar-refractivity contribution in [3.63, 3.8) is 0 Å². The minimum absolute atomic E-state index is 0.0204. The number of fused-ring (bicyclic) bond motifs is 1. The summed E-state index contributed by atoms with van der Waals surface area (Å²) in [5, 5.41) is 3.28. The van der Waals surface area contributed by atoms with Crippen LogP contribution in [0.5, 0.6) is 0 Å². The summed E-state index contributed by atoms with van der Waals surface area (Å²) >= 11 is 6.41. The number of ether oxygens (including phenoxy) is 1. The average Bonchev–Trinajstić information content (AvgIpc) is 3.53.